The van der Waals surface area contributed by atoms with E-state index < -0.39 is 0 Å². The molecular formula is C26H29N3O3S2. The molecule has 1 aromatic heterocycles. The van der Waals surface area contributed by atoms with Crippen LogP contribution in [-0.2, 0) is 4.74 Å². The molecule has 0 atom stereocenters. The van der Waals surface area contributed by atoms with Crippen LogP contribution < -0.4 is 15.0 Å². The third-order valence-electron chi connectivity index (χ3n) is 5.85. The zero-order valence-corrected chi connectivity index (χ0v) is 21.3. The van der Waals surface area contributed by atoms with Gasteiger partial charge in [0.2, 0.25) is 0 Å². The molecule has 0 spiro atoms. The second-order valence-corrected chi connectivity index (χ2v) is 9.54. The van der Waals surface area contributed by atoms with Crippen molar-refractivity contribution in [2.75, 3.05) is 50.1 Å². The topological polar surface area (TPSA) is 54.0 Å². The van der Waals surface area contributed by atoms with E-state index in [2.05, 4.69) is 27.2 Å². The molecule has 1 aliphatic rings. The molecular weight excluding hydrogens is 466 g/mol. The molecule has 178 valence electrons. The van der Waals surface area contributed by atoms with Gasteiger partial charge in [-0.25, -0.2) is 4.79 Å². The SMILES string of the molecule is CCOC(=O)c1c(NC(=S)N2CCN(c3ccc(OC)cc3)CC2)sc(C)c1-c1ccccc1. The van der Waals surface area contributed by atoms with Gasteiger partial charge in [0, 0.05) is 42.3 Å². The number of esters is 1. The molecule has 34 heavy (non-hydrogen) atoms. The Bertz CT molecular complexity index is 1140. The average molecular weight is 496 g/mol. The predicted molar refractivity (Wildman–Crippen MR) is 143 cm³/mol. The molecule has 1 N–H and O–H groups in total. The van der Waals surface area contributed by atoms with Crippen molar-refractivity contribution in [1.82, 2.24) is 4.90 Å². The fourth-order valence-corrected chi connectivity index (χ4v) is 5.53. The molecule has 0 aliphatic carbocycles. The summed E-state index contributed by atoms with van der Waals surface area (Å²) in [6.07, 6.45) is 0. The monoisotopic (exact) mass is 495 g/mol. The van der Waals surface area contributed by atoms with Crippen LogP contribution in [0.15, 0.2) is 54.6 Å². The van der Waals surface area contributed by atoms with Gasteiger partial charge in [-0.2, -0.15) is 0 Å². The van der Waals surface area contributed by atoms with Gasteiger partial charge in [-0.3, -0.25) is 0 Å². The van der Waals surface area contributed by atoms with E-state index in [1.54, 1.807) is 7.11 Å². The first-order valence-corrected chi connectivity index (χ1v) is 12.5. The number of carbonyl (C=O) groups is 1. The minimum absolute atomic E-state index is 0.319. The highest BCUT2D eigenvalue weighted by Gasteiger charge is 2.26. The number of hydrogen-bond acceptors (Lipinski definition) is 6. The molecule has 0 amide bonds. The maximum absolute atomic E-state index is 12.9. The Morgan fingerprint density at radius 2 is 1.74 bits per heavy atom. The molecule has 8 heteroatoms. The first-order chi connectivity index (χ1) is 16.5. The van der Waals surface area contributed by atoms with Crippen LogP contribution in [0.3, 0.4) is 0 Å². The van der Waals surface area contributed by atoms with E-state index in [9.17, 15) is 4.79 Å². The van der Waals surface area contributed by atoms with Gasteiger partial charge in [-0.05, 0) is 55.9 Å². The van der Waals surface area contributed by atoms with Crippen molar-refractivity contribution < 1.29 is 14.3 Å². The number of thiocarbonyl (C=S) groups is 1. The number of hydrogen-bond donors (Lipinski definition) is 1. The van der Waals surface area contributed by atoms with Crippen molar-refractivity contribution in [3.8, 4) is 16.9 Å². The molecule has 1 saturated heterocycles. The maximum atomic E-state index is 12.9. The van der Waals surface area contributed by atoms with Crippen molar-refractivity contribution >= 4 is 45.3 Å². The number of benzene rings is 2. The van der Waals surface area contributed by atoms with E-state index in [0.29, 0.717) is 17.3 Å². The number of thiophene rings is 1. The highest BCUT2D eigenvalue weighted by Crippen LogP contribution is 2.40. The maximum Gasteiger partial charge on any atom is 0.341 e. The number of methoxy groups -OCH3 is 1. The first-order valence-electron chi connectivity index (χ1n) is 11.3. The van der Waals surface area contributed by atoms with E-state index >= 15 is 0 Å². The Hall–Kier alpha value is -3.10. The molecule has 0 bridgehead atoms. The zero-order valence-electron chi connectivity index (χ0n) is 19.7. The molecule has 1 fully saturated rings. The number of nitrogens with zero attached hydrogens (tertiary/aromatic N) is 2. The normalized spacial score (nSPS) is 13.5. The molecule has 3 aromatic rings. The summed E-state index contributed by atoms with van der Waals surface area (Å²) in [5.41, 5.74) is 3.62. The van der Waals surface area contributed by atoms with Crippen LogP contribution >= 0.6 is 23.6 Å². The number of carbonyl (C=O) groups excluding carboxylic acids is 1. The van der Waals surface area contributed by atoms with E-state index in [0.717, 1.165) is 52.9 Å². The molecule has 2 heterocycles. The van der Waals surface area contributed by atoms with Crippen molar-refractivity contribution in [3.05, 3.63) is 65.0 Å². The van der Waals surface area contributed by atoms with Gasteiger partial charge in [0.1, 0.15) is 16.3 Å². The number of anilines is 2. The summed E-state index contributed by atoms with van der Waals surface area (Å²) in [7, 11) is 1.67. The second-order valence-electron chi connectivity index (χ2n) is 7.93. The van der Waals surface area contributed by atoms with Gasteiger partial charge in [0.15, 0.2) is 5.11 Å². The molecule has 4 rings (SSSR count). The summed E-state index contributed by atoms with van der Waals surface area (Å²) in [4.78, 5) is 18.5. The van der Waals surface area contributed by atoms with Gasteiger partial charge >= 0.3 is 5.97 Å². The van der Waals surface area contributed by atoms with E-state index in [4.69, 9.17) is 21.7 Å². The molecule has 2 aromatic carbocycles. The molecule has 0 saturated carbocycles. The minimum atomic E-state index is -0.333. The zero-order chi connectivity index (χ0) is 24.1. The van der Waals surface area contributed by atoms with Crippen molar-refractivity contribution in [3.63, 3.8) is 0 Å². The highest BCUT2D eigenvalue weighted by atomic mass is 32.1. The Labute approximate surface area is 210 Å². The van der Waals surface area contributed by atoms with Gasteiger partial charge in [-0.1, -0.05) is 30.3 Å². The van der Waals surface area contributed by atoms with E-state index in [-0.39, 0.29) is 5.97 Å². The average Bonchev–Trinajstić information content (AvgIpc) is 3.20. The predicted octanol–water partition coefficient (Wildman–Crippen LogP) is 5.43. The summed E-state index contributed by atoms with van der Waals surface area (Å²) in [5.74, 6) is 0.520. The van der Waals surface area contributed by atoms with Crippen LogP contribution in [0.5, 0.6) is 5.75 Å². The summed E-state index contributed by atoms with van der Waals surface area (Å²) < 4.78 is 10.7. The highest BCUT2D eigenvalue weighted by molar-refractivity contribution is 7.80. The Morgan fingerprint density at radius 1 is 1.06 bits per heavy atom. The van der Waals surface area contributed by atoms with Crippen LogP contribution in [0.1, 0.15) is 22.2 Å². The van der Waals surface area contributed by atoms with Crippen LogP contribution in [0.4, 0.5) is 10.7 Å². The van der Waals surface area contributed by atoms with Gasteiger partial charge in [0.05, 0.1) is 13.7 Å². The van der Waals surface area contributed by atoms with E-state index in [1.165, 1.54) is 17.0 Å². The van der Waals surface area contributed by atoms with Gasteiger partial charge < -0.3 is 24.6 Å². The third kappa shape index (κ3) is 5.18. The lowest BCUT2D eigenvalue weighted by Crippen LogP contribution is -2.50. The standard InChI is InChI=1S/C26H29N3O3S2/c1-4-32-25(30)23-22(19-8-6-5-7-9-19)18(2)34-24(23)27-26(33)29-16-14-28(15-17-29)20-10-12-21(31-3)13-11-20/h5-13H,4,14-17H2,1-3H3,(H,27,33). The smallest absolute Gasteiger partial charge is 0.341 e. The largest absolute Gasteiger partial charge is 0.497 e. The third-order valence-corrected chi connectivity index (χ3v) is 7.23. The van der Waals surface area contributed by atoms with Crippen molar-refractivity contribution in [2.24, 2.45) is 0 Å². The Kier molecular flexibility index (Phi) is 7.70. The summed E-state index contributed by atoms with van der Waals surface area (Å²) in [6.45, 7) is 7.47. The lowest BCUT2D eigenvalue weighted by atomic mass is 10.0. The van der Waals surface area contributed by atoms with Crippen molar-refractivity contribution in [1.29, 1.82) is 0 Å². The van der Waals surface area contributed by atoms with Crippen LogP contribution in [-0.4, -0.2) is 55.9 Å². The second kappa shape index (κ2) is 10.9. The lowest BCUT2D eigenvalue weighted by Gasteiger charge is -2.37. The number of rotatable bonds is 6. The Balaban J connectivity index is 1.49. The van der Waals surface area contributed by atoms with Crippen LogP contribution in [0.2, 0.25) is 0 Å². The molecule has 6 nitrogen and oxygen atoms in total. The van der Waals surface area contributed by atoms with Crippen LogP contribution in [0, 0.1) is 6.92 Å². The number of piperazine rings is 1. The quantitative estimate of drug-likeness (QED) is 0.362. The first kappa shape index (κ1) is 24.0. The number of ether oxygens (including phenoxy) is 2. The van der Waals surface area contributed by atoms with Gasteiger partial charge in [-0.15, -0.1) is 11.3 Å². The summed E-state index contributed by atoms with van der Waals surface area (Å²) in [6, 6.07) is 18.1. The fraction of sp³-hybridized carbons (Fsp3) is 0.308. The van der Waals surface area contributed by atoms with Crippen LogP contribution in [0.25, 0.3) is 11.1 Å². The van der Waals surface area contributed by atoms with E-state index in [1.807, 2.05) is 56.3 Å². The summed E-state index contributed by atoms with van der Waals surface area (Å²) in [5, 5.41) is 4.72. The molecule has 1 aliphatic heterocycles. The number of aryl methyl sites for hydroxylation is 1. The minimum Gasteiger partial charge on any atom is -0.497 e. The van der Waals surface area contributed by atoms with Crippen molar-refractivity contribution in [2.45, 2.75) is 13.8 Å². The molecule has 0 radical (unpaired) electrons. The Morgan fingerprint density at radius 3 is 2.35 bits per heavy atom. The number of nitrogens with one attached hydrogen (secondary N) is 1. The molecule has 0 unspecified atom stereocenters. The van der Waals surface area contributed by atoms with Gasteiger partial charge in [0.25, 0.3) is 0 Å². The lowest BCUT2D eigenvalue weighted by molar-refractivity contribution is 0.0529. The fourth-order valence-electron chi connectivity index (χ4n) is 4.12. The summed E-state index contributed by atoms with van der Waals surface area (Å²) >= 11 is 7.29.